The Balaban J connectivity index is 1.55. The van der Waals surface area contributed by atoms with Gasteiger partial charge in [-0.3, -0.25) is 0 Å². The minimum atomic E-state index is -0.0531. The quantitative estimate of drug-likeness (QED) is 0.746. The molecule has 0 radical (unpaired) electrons. The standard InChI is InChI=1S/C24H29N3O3/c1-4-16-30-23-17-20(8-11-22(23)29-3)18-25-24(28)27-13-5-12-26(14-15-27)21-9-6-19(2)7-10-21/h1,6-11,17H,5,12-16,18H2,2-3H3,(H,25,28). The van der Waals surface area contributed by atoms with Gasteiger partial charge in [-0.1, -0.05) is 29.7 Å². The van der Waals surface area contributed by atoms with E-state index in [2.05, 4.69) is 47.3 Å². The van der Waals surface area contributed by atoms with E-state index in [1.165, 1.54) is 11.3 Å². The topological polar surface area (TPSA) is 54.0 Å². The first-order valence-electron chi connectivity index (χ1n) is 10.2. The highest BCUT2D eigenvalue weighted by molar-refractivity contribution is 5.74. The minimum Gasteiger partial charge on any atom is -0.493 e. The summed E-state index contributed by atoms with van der Waals surface area (Å²) in [5.41, 5.74) is 3.38. The molecule has 2 amide bonds. The predicted octanol–water partition coefficient (Wildman–Crippen LogP) is 3.44. The van der Waals surface area contributed by atoms with E-state index < -0.39 is 0 Å². The summed E-state index contributed by atoms with van der Waals surface area (Å²) < 4.78 is 10.8. The van der Waals surface area contributed by atoms with Crippen molar-refractivity contribution in [2.75, 3.05) is 44.8 Å². The van der Waals surface area contributed by atoms with Gasteiger partial charge in [0, 0.05) is 38.4 Å². The molecule has 3 rings (SSSR count). The van der Waals surface area contributed by atoms with Crippen LogP contribution in [0.5, 0.6) is 11.5 Å². The number of nitrogens with zero attached hydrogens (tertiary/aromatic N) is 2. The highest BCUT2D eigenvalue weighted by Gasteiger charge is 2.19. The van der Waals surface area contributed by atoms with Gasteiger partial charge in [-0.25, -0.2) is 4.79 Å². The summed E-state index contributed by atoms with van der Waals surface area (Å²) in [5, 5.41) is 3.01. The molecule has 1 N–H and O–H groups in total. The Bertz CT molecular complexity index is 890. The zero-order valence-electron chi connectivity index (χ0n) is 17.7. The number of aryl methyl sites for hydroxylation is 1. The maximum absolute atomic E-state index is 12.7. The molecule has 1 fully saturated rings. The van der Waals surface area contributed by atoms with Gasteiger partial charge in [0.05, 0.1) is 7.11 Å². The lowest BCUT2D eigenvalue weighted by atomic mass is 10.2. The molecule has 6 heteroatoms. The van der Waals surface area contributed by atoms with Crippen LogP contribution in [-0.2, 0) is 6.54 Å². The number of amides is 2. The summed E-state index contributed by atoms with van der Waals surface area (Å²) in [7, 11) is 1.58. The molecule has 2 aromatic rings. The number of nitrogens with one attached hydrogen (secondary N) is 1. The van der Waals surface area contributed by atoms with Crippen molar-refractivity contribution in [3.05, 3.63) is 53.6 Å². The van der Waals surface area contributed by atoms with Crippen LogP contribution in [0.3, 0.4) is 0 Å². The number of anilines is 1. The van der Waals surface area contributed by atoms with E-state index in [1.807, 2.05) is 23.1 Å². The van der Waals surface area contributed by atoms with E-state index in [9.17, 15) is 4.79 Å². The van der Waals surface area contributed by atoms with Crippen molar-refractivity contribution in [2.45, 2.75) is 19.9 Å². The van der Waals surface area contributed by atoms with Crippen molar-refractivity contribution in [1.82, 2.24) is 10.2 Å². The zero-order chi connectivity index (χ0) is 21.3. The normalized spacial score (nSPS) is 13.9. The number of terminal acetylenes is 1. The number of carbonyl (C=O) groups is 1. The number of hydrogen-bond donors (Lipinski definition) is 1. The average molecular weight is 408 g/mol. The van der Waals surface area contributed by atoms with Crippen LogP contribution in [0.25, 0.3) is 0 Å². The van der Waals surface area contributed by atoms with Gasteiger partial charge in [-0.15, -0.1) is 6.42 Å². The van der Waals surface area contributed by atoms with Crippen molar-refractivity contribution in [3.8, 4) is 23.8 Å². The predicted molar refractivity (Wildman–Crippen MR) is 119 cm³/mol. The third-order valence-corrected chi connectivity index (χ3v) is 5.17. The summed E-state index contributed by atoms with van der Waals surface area (Å²) in [6.45, 7) is 5.87. The summed E-state index contributed by atoms with van der Waals surface area (Å²) in [6.07, 6.45) is 6.21. The molecule has 1 saturated heterocycles. The van der Waals surface area contributed by atoms with Gasteiger partial charge < -0.3 is 24.6 Å². The molecular formula is C24H29N3O3. The Hall–Kier alpha value is -3.33. The SMILES string of the molecule is C#CCOc1cc(CNC(=O)N2CCCN(c3ccc(C)cc3)CC2)ccc1OC. The van der Waals surface area contributed by atoms with E-state index in [4.69, 9.17) is 15.9 Å². The van der Waals surface area contributed by atoms with Crippen LogP contribution in [-0.4, -0.2) is 50.8 Å². The Labute approximate surface area is 178 Å². The van der Waals surface area contributed by atoms with Gasteiger partial charge >= 0.3 is 6.03 Å². The number of carbonyl (C=O) groups excluding carboxylic acids is 1. The first kappa shape index (κ1) is 21.4. The fraction of sp³-hybridized carbons (Fsp3) is 0.375. The van der Waals surface area contributed by atoms with Gasteiger partial charge in [0.1, 0.15) is 6.61 Å². The molecule has 2 aromatic carbocycles. The second-order valence-electron chi connectivity index (χ2n) is 7.30. The van der Waals surface area contributed by atoms with Crippen molar-refractivity contribution in [2.24, 2.45) is 0 Å². The molecule has 0 atom stereocenters. The third-order valence-electron chi connectivity index (χ3n) is 5.17. The van der Waals surface area contributed by atoms with E-state index in [1.54, 1.807) is 7.11 Å². The number of rotatable bonds is 6. The average Bonchev–Trinajstić information content (AvgIpc) is 3.03. The summed E-state index contributed by atoms with van der Waals surface area (Å²) >= 11 is 0. The fourth-order valence-electron chi connectivity index (χ4n) is 3.49. The van der Waals surface area contributed by atoms with E-state index in [-0.39, 0.29) is 12.6 Å². The molecular weight excluding hydrogens is 378 g/mol. The first-order valence-corrected chi connectivity index (χ1v) is 10.2. The smallest absolute Gasteiger partial charge is 0.317 e. The second kappa shape index (κ2) is 10.4. The van der Waals surface area contributed by atoms with Crippen LogP contribution < -0.4 is 19.7 Å². The Morgan fingerprint density at radius 3 is 2.63 bits per heavy atom. The van der Waals surface area contributed by atoms with Gasteiger partial charge in [-0.05, 0) is 43.2 Å². The zero-order valence-corrected chi connectivity index (χ0v) is 17.7. The maximum Gasteiger partial charge on any atom is 0.317 e. The first-order chi connectivity index (χ1) is 14.6. The molecule has 0 saturated carbocycles. The third kappa shape index (κ3) is 5.60. The molecule has 30 heavy (non-hydrogen) atoms. The van der Waals surface area contributed by atoms with Crippen LogP contribution in [0.4, 0.5) is 10.5 Å². The number of benzene rings is 2. The van der Waals surface area contributed by atoms with Crippen molar-refractivity contribution < 1.29 is 14.3 Å². The Morgan fingerprint density at radius 1 is 1.10 bits per heavy atom. The summed E-state index contributed by atoms with van der Waals surface area (Å²) in [5.74, 6) is 3.64. The highest BCUT2D eigenvalue weighted by Crippen LogP contribution is 2.28. The van der Waals surface area contributed by atoms with Gasteiger partial charge in [0.25, 0.3) is 0 Å². The summed E-state index contributed by atoms with van der Waals surface area (Å²) in [6, 6.07) is 14.1. The molecule has 1 aliphatic rings. The molecule has 0 spiro atoms. The van der Waals surface area contributed by atoms with Crippen LogP contribution in [0.2, 0.25) is 0 Å². The molecule has 0 aromatic heterocycles. The van der Waals surface area contributed by atoms with Crippen molar-refractivity contribution >= 4 is 11.7 Å². The number of urea groups is 1. The van der Waals surface area contributed by atoms with Crippen LogP contribution in [0.1, 0.15) is 17.5 Å². The van der Waals surface area contributed by atoms with Crippen LogP contribution in [0, 0.1) is 19.3 Å². The second-order valence-corrected chi connectivity index (χ2v) is 7.30. The molecule has 6 nitrogen and oxygen atoms in total. The highest BCUT2D eigenvalue weighted by atomic mass is 16.5. The monoisotopic (exact) mass is 407 g/mol. The van der Waals surface area contributed by atoms with Gasteiger partial charge in [0.2, 0.25) is 0 Å². The molecule has 1 heterocycles. The molecule has 0 unspecified atom stereocenters. The number of methoxy groups -OCH3 is 1. The molecule has 0 bridgehead atoms. The lowest BCUT2D eigenvalue weighted by Crippen LogP contribution is -2.41. The molecule has 0 aliphatic carbocycles. The number of hydrogen-bond acceptors (Lipinski definition) is 4. The largest absolute Gasteiger partial charge is 0.493 e. The summed E-state index contributed by atoms with van der Waals surface area (Å²) in [4.78, 5) is 16.9. The fourth-order valence-corrected chi connectivity index (χ4v) is 3.49. The van der Waals surface area contributed by atoms with Crippen LogP contribution >= 0.6 is 0 Å². The number of ether oxygens (including phenoxy) is 2. The Morgan fingerprint density at radius 2 is 1.90 bits per heavy atom. The molecule has 158 valence electrons. The van der Waals surface area contributed by atoms with E-state index >= 15 is 0 Å². The maximum atomic E-state index is 12.7. The van der Waals surface area contributed by atoms with E-state index in [0.29, 0.717) is 24.6 Å². The lowest BCUT2D eigenvalue weighted by Gasteiger charge is -2.24. The van der Waals surface area contributed by atoms with E-state index in [0.717, 1.165) is 31.6 Å². The van der Waals surface area contributed by atoms with Crippen molar-refractivity contribution in [3.63, 3.8) is 0 Å². The molecule has 1 aliphatic heterocycles. The lowest BCUT2D eigenvalue weighted by molar-refractivity contribution is 0.201. The Kier molecular flexibility index (Phi) is 7.45. The minimum absolute atomic E-state index is 0.0531. The van der Waals surface area contributed by atoms with Gasteiger partial charge in [-0.2, -0.15) is 0 Å². The van der Waals surface area contributed by atoms with Gasteiger partial charge in [0.15, 0.2) is 11.5 Å². The van der Waals surface area contributed by atoms with Crippen LogP contribution in [0.15, 0.2) is 42.5 Å². The van der Waals surface area contributed by atoms with Crippen molar-refractivity contribution in [1.29, 1.82) is 0 Å².